The molecule has 0 unspecified atom stereocenters. The summed E-state index contributed by atoms with van der Waals surface area (Å²) in [5.74, 6) is 0.802. The second kappa shape index (κ2) is 7.75. The van der Waals surface area contributed by atoms with Gasteiger partial charge in [0.1, 0.15) is 5.82 Å². The van der Waals surface area contributed by atoms with Crippen molar-refractivity contribution < 1.29 is 9.53 Å². The molecular weight excluding hydrogens is 352 g/mol. The standard InChI is InChI=1S/C22H18N4O2/c1-28-21(27)15-11-13-17(14-12-15)24-22-25-19-10-6-5-9-18(19)20(26-22)23-16-7-3-2-4-8-16/h2-14H,1H3,(H2,23,24,25,26). The summed E-state index contributed by atoms with van der Waals surface area (Å²) in [6.45, 7) is 0. The SMILES string of the molecule is COC(=O)c1ccc(Nc2nc(Nc3ccccc3)c3ccccc3n2)cc1. The van der Waals surface area contributed by atoms with E-state index in [2.05, 4.69) is 20.6 Å². The van der Waals surface area contributed by atoms with Crippen LogP contribution in [0.2, 0.25) is 0 Å². The summed E-state index contributed by atoms with van der Waals surface area (Å²) in [6.07, 6.45) is 0. The molecule has 0 saturated heterocycles. The third kappa shape index (κ3) is 3.76. The molecule has 4 rings (SSSR count). The summed E-state index contributed by atoms with van der Waals surface area (Å²) in [7, 11) is 1.36. The van der Waals surface area contributed by atoms with E-state index < -0.39 is 0 Å². The number of ether oxygens (including phenoxy) is 1. The maximum atomic E-state index is 11.6. The highest BCUT2D eigenvalue weighted by atomic mass is 16.5. The van der Waals surface area contributed by atoms with Crippen LogP contribution in [0.3, 0.4) is 0 Å². The Balaban J connectivity index is 1.66. The number of fused-ring (bicyclic) bond motifs is 1. The van der Waals surface area contributed by atoms with Crippen molar-refractivity contribution in [3.63, 3.8) is 0 Å². The Labute approximate surface area is 162 Å². The third-order valence-electron chi connectivity index (χ3n) is 4.20. The second-order valence-electron chi connectivity index (χ2n) is 6.10. The molecule has 0 atom stereocenters. The van der Waals surface area contributed by atoms with Crippen LogP contribution in [0.4, 0.5) is 23.1 Å². The number of anilines is 4. The van der Waals surface area contributed by atoms with E-state index in [4.69, 9.17) is 4.74 Å². The topological polar surface area (TPSA) is 76.1 Å². The molecule has 138 valence electrons. The number of aromatic nitrogens is 2. The molecule has 0 spiro atoms. The van der Waals surface area contributed by atoms with Gasteiger partial charge in [0.05, 0.1) is 18.2 Å². The summed E-state index contributed by atoms with van der Waals surface area (Å²) in [6, 6.07) is 24.6. The molecule has 0 aliphatic heterocycles. The Hall–Kier alpha value is -3.93. The molecule has 1 heterocycles. The molecule has 4 aromatic rings. The lowest BCUT2D eigenvalue weighted by molar-refractivity contribution is 0.0601. The van der Waals surface area contributed by atoms with Crippen LogP contribution >= 0.6 is 0 Å². The highest BCUT2D eigenvalue weighted by Crippen LogP contribution is 2.26. The third-order valence-corrected chi connectivity index (χ3v) is 4.20. The molecule has 0 amide bonds. The van der Waals surface area contributed by atoms with E-state index in [-0.39, 0.29) is 5.97 Å². The summed E-state index contributed by atoms with van der Waals surface area (Å²) >= 11 is 0. The first-order chi connectivity index (χ1) is 13.7. The molecule has 6 heteroatoms. The summed E-state index contributed by atoms with van der Waals surface area (Å²) in [5, 5.41) is 7.47. The molecular formula is C22H18N4O2. The van der Waals surface area contributed by atoms with Crippen molar-refractivity contribution in [1.29, 1.82) is 0 Å². The first kappa shape index (κ1) is 17.5. The van der Waals surface area contributed by atoms with Crippen molar-refractivity contribution in [2.75, 3.05) is 17.7 Å². The molecule has 0 aliphatic rings. The zero-order valence-corrected chi connectivity index (χ0v) is 15.2. The van der Waals surface area contributed by atoms with Gasteiger partial charge in [0, 0.05) is 16.8 Å². The monoisotopic (exact) mass is 370 g/mol. The van der Waals surface area contributed by atoms with E-state index in [0.29, 0.717) is 17.3 Å². The zero-order valence-electron chi connectivity index (χ0n) is 15.2. The number of carbonyl (C=O) groups excluding carboxylic acids is 1. The molecule has 28 heavy (non-hydrogen) atoms. The van der Waals surface area contributed by atoms with E-state index in [1.54, 1.807) is 24.3 Å². The molecule has 6 nitrogen and oxygen atoms in total. The van der Waals surface area contributed by atoms with Gasteiger partial charge in [-0.25, -0.2) is 9.78 Å². The highest BCUT2D eigenvalue weighted by Gasteiger charge is 2.09. The van der Waals surface area contributed by atoms with Crippen molar-refractivity contribution in [3.05, 3.63) is 84.4 Å². The fraction of sp³-hybridized carbons (Fsp3) is 0.0455. The van der Waals surface area contributed by atoms with Gasteiger partial charge >= 0.3 is 5.97 Å². The largest absolute Gasteiger partial charge is 0.465 e. The molecule has 1 aromatic heterocycles. The predicted molar refractivity (Wildman–Crippen MR) is 110 cm³/mol. The minimum absolute atomic E-state index is 0.372. The average Bonchev–Trinajstić information content (AvgIpc) is 2.74. The number of hydrogen-bond acceptors (Lipinski definition) is 6. The Kier molecular flexibility index (Phi) is 4.84. The van der Waals surface area contributed by atoms with Crippen LogP contribution in [0, 0.1) is 0 Å². The van der Waals surface area contributed by atoms with Crippen molar-refractivity contribution in [3.8, 4) is 0 Å². The lowest BCUT2D eigenvalue weighted by Gasteiger charge is -2.12. The van der Waals surface area contributed by atoms with Gasteiger partial charge in [0.25, 0.3) is 0 Å². The lowest BCUT2D eigenvalue weighted by Crippen LogP contribution is -2.03. The number of para-hydroxylation sites is 2. The Morgan fingerprint density at radius 2 is 1.46 bits per heavy atom. The van der Waals surface area contributed by atoms with E-state index >= 15 is 0 Å². The van der Waals surface area contributed by atoms with Crippen LogP contribution in [-0.2, 0) is 4.74 Å². The number of methoxy groups -OCH3 is 1. The number of nitrogens with zero attached hydrogens (tertiary/aromatic N) is 2. The first-order valence-electron chi connectivity index (χ1n) is 8.77. The number of carbonyl (C=O) groups is 1. The maximum absolute atomic E-state index is 11.6. The van der Waals surface area contributed by atoms with Gasteiger partial charge in [-0.05, 0) is 48.5 Å². The highest BCUT2D eigenvalue weighted by molar-refractivity contribution is 5.92. The zero-order chi connectivity index (χ0) is 19.3. The van der Waals surface area contributed by atoms with Crippen LogP contribution in [0.25, 0.3) is 10.9 Å². The summed E-state index contributed by atoms with van der Waals surface area (Å²) in [5.41, 5.74) is 3.02. The molecule has 0 fully saturated rings. The van der Waals surface area contributed by atoms with Crippen LogP contribution in [-0.4, -0.2) is 23.0 Å². The number of nitrogens with one attached hydrogen (secondary N) is 2. The van der Waals surface area contributed by atoms with E-state index in [1.165, 1.54) is 7.11 Å². The van der Waals surface area contributed by atoms with Crippen LogP contribution < -0.4 is 10.6 Å². The van der Waals surface area contributed by atoms with Gasteiger partial charge in [0.15, 0.2) is 0 Å². The van der Waals surface area contributed by atoms with Gasteiger partial charge in [-0.3, -0.25) is 0 Å². The van der Waals surface area contributed by atoms with Gasteiger partial charge in [-0.1, -0.05) is 30.3 Å². The molecule has 0 saturated carbocycles. The molecule has 0 radical (unpaired) electrons. The van der Waals surface area contributed by atoms with E-state index in [0.717, 1.165) is 22.3 Å². The predicted octanol–water partition coefficient (Wildman–Crippen LogP) is 4.90. The van der Waals surface area contributed by atoms with Crippen molar-refractivity contribution in [1.82, 2.24) is 9.97 Å². The van der Waals surface area contributed by atoms with Crippen molar-refractivity contribution in [2.45, 2.75) is 0 Å². The first-order valence-corrected chi connectivity index (χ1v) is 8.77. The fourth-order valence-corrected chi connectivity index (χ4v) is 2.82. The van der Waals surface area contributed by atoms with Crippen LogP contribution in [0.1, 0.15) is 10.4 Å². The maximum Gasteiger partial charge on any atom is 0.337 e. The quantitative estimate of drug-likeness (QED) is 0.487. The number of hydrogen-bond donors (Lipinski definition) is 2. The van der Waals surface area contributed by atoms with Gasteiger partial charge in [0.2, 0.25) is 5.95 Å². The van der Waals surface area contributed by atoms with Crippen LogP contribution in [0.15, 0.2) is 78.9 Å². The average molecular weight is 370 g/mol. The summed E-state index contributed by atoms with van der Waals surface area (Å²) < 4.78 is 4.72. The molecule has 0 bridgehead atoms. The molecule has 3 aromatic carbocycles. The number of rotatable bonds is 5. The van der Waals surface area contributed by atoms with E-state index in [9.17, 15) is 4.79 Å². The summed E-state index contributed by atoms with van der Waals surface area (Å²) in [4.78, 5) is 20.8. The van der Waals surface area contributed by atoms with Crippen molar-refractivity contribution in [2.24, 2.45) is 0 Å². The Bertz CT molecular complexity index is 1110. The minimum atomic E-state index is -0.372. The van der Waals surface area contributed by atoms with Crippen LogP contribution in [0.5, 0.6) is 0 Å². The minimum Gasteiger partial charge on any atom is -0.465 e. The van der Waals surface area contributed by atoms with Gasteiger partial charge in [-0.2, -0.15) is 4.98 Å². The normalized spacial score (nSPS) is 10.5. The Morgan fingerprint density at radius 3 is 2.21 bits per heavy atom. The smallest absolute Gasteiger partial charge is 0.337 e. The van der Waals surface area contributed by atoms with E-state index in [1.807, 2.05) is 54.6 Å². The molecule has 0 aliphatic carbocycles. The van der Waals surface area contributed by atoms with Crippen molar-refractivity contribution >= 4 is 40.0 Å². The van der Waals surface area contributed by atoms with Gasteiger partial charge < -0.3 is 15.4 Å². The second-order valence-corrected chi connectivity index (χ2v) is 6.10. The van der Waals surface area contributed by atoms with Gasteiger partial charge in [-0.15, -0.1) is 0 Å². The number of benzene rings is 3. The lowest BCUT2D eigenvalue weighted by atomic mass is 10.2. The Morgan fingerprint density at radius 1 is 0.786 bits per heavy atom. The fourth-order valence-electron chi connectivity index (χ4n) is 2.82. The number of esters is 1. The molecule has 2 N–H and O–H groups in total.